The Labute approximate surface area is 193 Å². The maximum absolute atomic E-state index is 13.5. The van der Waals surface area contributed by atoms with Crippen molar-refractivity contribution in [3.63, 3.8) is 0 Å². The van der Waals surface area contributed by atoms with Gasteiger partial charge in [-0.1, -0.05) is 42.5 Å². The number of alkyl halides is 3. The number of carbonyl (C=O) groups is 2. The topological polar surface area (TPSA) is 84.3 Å². The van der Waals surface area contributed by atoms with Crippen molar-refractivity contribution in [2.75, 3.05) is 13.1 Å². The molecule has 0 aliphatic rings. The fraction of sp³-hybridized carbons (Fsp3) is 0.250. The van der Waals surface area contributed by atoms with Gasteiger partial charge in [0.05, 0.1) is 17.8 Å². The Balaban J connectivity index is 1.81. The van der Waals surface area contributed by atoms with Gasteiger partial charge >= 0.3 is 6.18 Å². The number of likely N-dealkylation sites (N-methyl/N-ethyl adjacent to an activating group) is 1. The lowest BCUT2D eigenvalue weighted by atomic mass is 10.1. The van der Waals surface area contributed by atoms with Crippen LogP contribution in [0.2, 0.25) is 0 Å². The third-order valence-electron chi connectivity index (χ3n) is 5.11. The highest BCUT2D eigenvalue weighted by Crippen LogP contribution is 2.33. The van der Waals surface area contributed by atoms with Gasteiger partial charge in [0, 0.05) is 24.8 Å². The first kappa shape index (κ1) is 24.7. The zero-order valence-electron chi connectivity index (χ0n) is 18.6. The quantitative estimate of drug-likeness (QED) is 0.572. The highest BCUT2D eigenvalue weighted by molar-refractivity contribution is 5.94. The Bertz CT molecular complexity index is 1240. The molecule has 178 valence electrons. The van der Waals surface area contributed by atoms with Gasteiger partial charge in [0.2, 0.25) is 11.3 Å². The van der Waals surface area contributed by atoms with Gasteiger partial charge in [-0.2, -0.15) is 18.3 Å². The number of hydrogen-bond acceptors (Lipinski definition) is 4. The Morgan fingerprint density at radius 3 is 2.35 bits per heavy atom. The molecule has 0 fully saturated rings. The standard InChI is InChI=1S/C24H23F3N4O3/c1-3-30(15-17-9-5-4-6-10-17)21(33)14-28-23(34)22-20(32)13-16(2)31(29-22)19-12-8-7-11-18(19)24(25,26)27/h4-13H,3,14-15H2,1-2H3,(H,28,34). The summed E-state index contributed by atoms with van der Waals surface area (Å²) in [6.07, 6.45) is -4.66. The van der Waals surface area contributed by atoms with Gasteiger partial charge in [-0.15, -0.1) is 0 Å². The Kier molecular flexibility index (Phi) is 7.50. The van der Waals surface area contributed by atoms with Crippen LogP contribution in [0.3, 0.4) is 0 Å². The van der Waals surface area contributed by atoms with Crippen molar-refractivity contribution in [3.8, 4) is 5.69 Å². The van der Waals surface area contributed by atoms with Crippen molar-refractivity contribution in [1.29, 1.82) is 0 Å². The van der Waals surface area contributed by atoms with Crippen molar-refractivity contribution >= 4 is 11.8 Å². The van der Waals surface area contributed by atoms with E-state index in [0.717, 1.165) is 22.4 Å². The summed E-state index contributed by atoms with van der Waals surface area (Å²) in [5.74, 6) is -1.33. The van der Waals surface area contributed by atoms with Crippen LogP contribution in [-0.2, 0) is 17.5 Å². The lowest BCUT2D eigenvalue weighted by molar-refractivity contribution is -0.137. The van der Waals surface area contributed by atoms with Crippen LogP contribution in [0.5, 0.6) is 0 Å². The average molecular weight is 472 g/mol. The molecule has 3 aromatic rings. The minimum Gasteiger partial charge on any atom is -0.341 e. The average Bonchev–Trinajstić information content (AvgIpc) is 2.81. The normalized spacial score (nSPS) is 11.2. The molecular weight excluding hydrogens is 449 g/mol. The molecule has 7 nitrogen and oxygen atoms in total. The molecule has 0 radical (unpaired) electrons. The minimum absolute atomic E-state index is 0.120. The summed E-state index contributed by atoms with van der Waals surface area (Å²) >= 11 is 0. The number of aromatic nitrogens is 2. The molecule has 2 amide bonds. The van der Waals surface area contributed by atoms with Gasteiger partial charge in [0.15, 0.2) is 5.69 Å². The van der Waals surface area contributed by atoms with Crippen LogP contribution in [0, 0.1) is 6.92 Å². The summed E-state index contributed by atoms with van der Waals surface area (Å²) in [5.41, 5.74) is -1.63. The molecule has 0 aliphatic carbocycles. The maximum Gasteiger partial charge on any atom is 0.418 e. The summed E-state index contributed by atoms with van der Waals surface area (Å²) < 4.78 is 41.3. The number of nitrogens with one attached hydrogen (secondary N) is 1. The van der Waals surface area contributed by atoms with E-state index >= 15 is 0 Å². The molecule has 2 aromatic carbocycles. The molecule has 3 rings (SSSR count). The first-order chi connectivity index (χ1) is 16.1. The molecule has 0 saturated carbocycles. The van der Waals surface area contributed by atoms with Gasteiger partial charge in [0.1, 0.15) is 0 Å². The third-order valence-corrected chi connectivity index (χ3v) is 5.11. The second kappa shape index (κ2) is 10.3. The van der Waals surface area contributed by atoms with E-state index < -0.39 is 35.3 Å². The largest absolute Gasteiger partial charge is 0.418 e. The van der Waals surface area contributed by atoms with Crippen molar-refractivity contribution < 1.29 is 22.8 Å². The van der Waals surface area contributed by atoms with Crippen LogP contribution in [0.4, 0.5) is 13.2 Å². The van der Waals surface area contributed by atoms with Crippen LogP contribution in [0.25, 0.3) is 5.69 Å². The number of para-hydroxylation sites is 1. The van der Waals surface area contributed by atoms with E-state index in [1.165, 1.54) is 30.0 Å². The van der Waals surface area contributed by atoms with E-state index in [0.29, 0.717) is 13.1 Å². The molecule has 34 heavy (non-hydrogen) atoms. The van der Waals surface area contributed by atoms with E-state index in [1.54, 1.807) is 6.92 Å². The number of halogens is 3. The lowest BCUT2D eigenvalue weighted by Crippen LogP contribution is -2.41. The minimum atomic E-state index is -4.66. The van der Waals surface area contributed by atoms with Gasteiger partial charge in [-0.25, -0.2) is 4.68 Å². The Morgan fingerprint density at radius 2 is 1.71 bits per heavy atom. The van der Waals surface area contributed by atoms with Crippen LogP contribution >= 0.6 is 0 Å². The number of hydrogen-bond donors (Lipinski definition) is 1. The van der Waals surface area contributed by atoms with Crippen LogP contribution < -0.4 is 10.7 Å². The molecule has 0 spiro atoms. The van der Waals surface area contributed by atoms with Gasteiger partial charge in [-0.05, 0) is 31.5 Å². The molecule has 0 atom stereocenters. The molecular formula is C24H23F3N4O3. The zero-order valence-corrected chi connectivity index (χ0v) is 18.6. The van der Waals surface area contributed by atoms with Gasteiger partial charge < -0.3 is 10.2 Å². The maximum atomic E-state index is 13.5. The fourth-order valence-corrected chi connectivity index (χ4v) is 3.38. The van der Waals surface area contributed by atoms with Crippen LogP contribution in [-0.4, -0.2) is 39.6 Å². The molecule has 1 heterocycles. The van der Waals surface area contributed by atoms with Crippen molar-refractivity contribution in [2.24, 2.45) is 0 Å². The van der Waals surface area contributed by atoms with E-state index in [2.05, 4.69) is 10.4 Å². The number of aryl methyl sites for hydroxylation is 1. The monoisotopic (exact) mass is 472 g/mol. The predicted molar refractivity (Wildman–Crippen MR) is 119 cm³/mol. The first-order valence-electron chi connectivity index (χ1n) is 10.5. The van der Waals surface area contributed by atoms with E-state index in [1.807, 2.05) is 30.3 Å². The Morgan fingerprint density at radius 1 is 1.06 bits per heavy atom. The summed E-state index contributed by atoms with van der Waals surface area (Å²) in [5, 5.41) is 6.25. The van der Waals surface area contributed by atoms with Gasteiger partial charge in [-0.3, -0.25) is 14.4 Å². The van der Waals surface area contributed by atoms with E-state index in [4.69, 9.17) is 0 Å². The number of nitrogens with zero attached hydrogens (tertiary/aromatic N) is 3. The van der Waals surface area contributed by atoms with E-state index in [-0.39, 0.29) is 17.3 Å². The third kappa shape index (κ3) is 5.69. The first-order valence-corrected chi connectivity index (χ1v) is 10.5. The molecule has 0 bridgehead atoms. The number of carbonyl (C=O) groups excluding carboxylic acids is 2. The molecule has 0 saturated heterocycles. The SMILES string of the molecule is CCN(Cc1ccccc1)C(=O)CNC(=O)c1nn(-c2ccccc2C(F)(F)F)c(C)cc1=O. The second-order valence-electron chi connectivity index (χ2n) is 7.50. The molecule has 0 unspecified atom stereocenters. The second-order valence-corrected chi connectivity index (χ2v) is 7.50. The van der Waals surface area contributed by atoms with Crippen LogP contribution in [0.1, 0.15) is 34.2 Å². The fourth-order valence-electron chi connectivity index (χ4n) is 3.38. The summed E-state index contributed by atoms with van der Waals surface area (Å²) in [6.45, 7) is 3.55. The highest BCUT2D eigenvalue weighted by atomic mass is 19.4. The van der Waals surface area contributed by atoms with Crippen LogP contribution in [0.15, 0.2) is 65.5 Å². The Hall–Kier alpha value is -3.95. The van der Waals surface area contributed by atoms with Crippen molar-refractivity contribution in [1.82, 2.24) is 20.0 Å². The van der Waals surface area contributed by atoms with E-state index in [9.17, 15) is 27.6 Å². The lowest BCUT2D eigenvalue weighted by Gasteiger charge is -2.21. The number of rotatable bonds is 7. The highest BCUT2D eigenvalue weighted by Gasteiger charge is 2.34. The molecule has 0 aliphatic heterocycles. The number of benzene rings is 2. The van der Waals surface area contributed by atoms with Crippen molar-refractivity contribution in [2.45, 2.75) is 26.6 Å². The summed E-state index contributed by atoms with van der Waals surface area (Å²) in [6, 6.07) is 15.0. The number of amides is 2. The molecule has 10 heteroatoms. The predicted octanol–water partition coefficient (Wildman–Crippen LogP) is 3.34. The molecule has 1 aromatic heterocycles. The van der Waals surface area contributed by atoms with Gasteiger partial charge in [0.25, 0.3) is 5.91 Å². The van der Waals surface area contributed by atoms with Crippen molar-refractivity contribution in [3.05, 3.63) is 93.4 Å². The summed E-state index contributed by atoms with van der Waals surface area (Å²) in [4.78, 5) is 39.1. The molecule has 1 N–H and O–H groups in total. The summed E-state index contributed by atoms with van der Waals surface area (Å²) in [7, 11) is 0. The smallest absolute Gasteiger partial charge is 0.341 e. The zero-order chi connectivity index (χ0) is 24.9.